The molecular formula is C20H21F2N3O2. The lowest BCUT2D eigenvalue weighted by atomic mass is 9.76. The molecule has 7 heteroatoms. The summed E-state index contributed by atoms with van der Waals surface area (Å²) in [5, 5.41) is 13.6. The number of carbonyl (C=O) groups is 1. The molecule has 1 heterocycles. The second kappa shape index (κ2) is 7.08. The van der Waals surface area contributed by atoms with Gasteiger partial charge in [0.05, 0.1) is 17.1 Å². The van der Waals surface area contributed by atoms with Gasteiger partial charge in [0.15, 0.2) is 0 Å². The first kappa shape index (κ1) is 19.0. The predicted octanol–water partition coefficient (Wildman–Crippen LogP) is 4.62. The molecular weight excluding hydrogens is 352 g/mol. The van der Waals surface area contributed by atoms with E-state index in [9.17, 15) is 18.8 Å². The van der Waals surface area contributed by atoms with E-state index in [4.69, 9.17) is 0 Å². The van der Waals surface area contributed by atoms with Crippen molar-refractivity contribution >= 4 is 22.4 Å². The van der Waals surface area contributed by atoms with Crippen molar-refractivity contribution in [3.63, 3.8) is 0 Å². The Morgan fingerprint density at radius 3 is 2.81 bits per heavy atom. The Labute approximate surface area is 155 Å². The molecule has 5 nitrogen and oxygen atoms in total. The van der Waals surface area contributed by atoms with Crippen LogP contribution in [-0.2, 0) is 4.79 Å². The quantitative estimate of drug-likeness (QED) is 0.456. The summed E-state index contributed by atoms with van der Waals surface area (Å²) < 4.78 is 27.0. The molecule has 1 aromatic heterocycles. The van der Waals surface area contributed by atoms with Crippen LogP contribution in [0, 0.1) is 5.41 Å². The minimum absolute atomic E-state index is 0.332. The zero-order chi connectivity index (χ0) is 19.8. The lowest BCUT2D eigenvalue weighted by Crippen LogP contribution is -2.38. The van der Waals surface area contributed by atoms with E-state index in [0.29, 0.717) is 28.4 Å². The van der Waals surface area contributed by atoms with Gasteiger partial charge in [-0.2, -0.15) is 13.9 Å². The third-order valence-electron chi connectivity index (χ3n) is 5.10. The number of fused-ring (bicyclic) bond motifs is 1. The minimum Gasteiger partial charge on any atom is -0.289 e. The van der Waals surface area contributed by atoms with Crippen molar-refractivity contribution in [3.8, 4) is 0 Å². The highest BCUT2D eigenvalue weighted by atomic mass is 19.3. The van der Waals surface area contributed by atoms with E-state index in [1.165, 1.54) is 6.20 Å². The first-order chi connectivity index (χ1) is 12.8. The Kier molecular flexibility index (Phi) is 4.97. The van der Waals surface area contributed by atoms with Crippen LogP contribution >= 0.6 is 0 Å². The van der Waals surface area contributed by atoms with E-state index in [1.54, 1.807) is 30.6 Å². The second-order valence-electron chi connectivity index (χ2n) is 6.70. The summed E-state index contributed by atoms with van der Waals surface area (Å²) in [6.45, 7) is 4.83. The monoisotopic (exact) mass is 373 g/mol. The first-order valence-corrected chi connectivity index (χ1v) is 8.58. The van der Waals surface area contributed by atoms with Crippen molar-refractivity contribution in [2.75, 3.05) is 0 Å². The molecule has 27 heavy (non-hydrogen) atoms. The highest BCUT2D eigenvalue weighted by Gasteiger charge is 2.43. The summed E-state index contributed by atoms with van der Waals surface area (Å²) in [5.74, 6) is -0.535. The summed E-state index contributed by atoms with van der Waals surface area (Å²) in [6, 6.07) is 5.22. The fraction of sp³-hybridized carbons (Fsp3) is 0.300. The minimum atomic E-state index is -2.73. The number of rotatable bonds is 5. The number of hydrogen-bond acceptors (Lipinski definition) is 3. The Hall–Kier alpha value is -2.80. The van der Waals surface area contributed by atoms with Crippen LogP contribution in [0.1, 0.15) is 38.8 Å². The van der Waals surface area contributed by atoms with Crippen molar-refractivity contribution in [1.29, 1.82) is 0 Å². The van der Waals surface area contributed by atoms with Crippen LogP contribution < -0.4 is 5.48 Å². The van der Waals surface area contributed by atoms with Crippen LogP contribution in [0.4, 0.5) is 8.78 Å². The molecule has 1 aliphatic rings. The maximum absolute atomic E-state index is 13.1. The molecule has 0 saturated carbocycles. The SMILES string of the molecule is C=C(C)C(=CC)C1(C(=O)NO)C=C(c2ccc3cnn(C(F)F)c3c2)CC1. The van der Waals surface area contributed by atoms with Gasteiger partial charge in [-0.15, -0.1) is 0 Å². The van der Waals surface area contributed by atoms with Crippen LogP contribution in [0.25, 0.3) is 16.5 Å². The summed E-state index contributed by atoms with van der Waals surface area (Å²) in [7, 11) is 0. The van der Waals surface area contributed by atoms with Crippen molar-refractivity contribution in [3.05, 3.63) is 59.8 Å². The lowest BCUT2D eigenvalue weighted by Gasteiger charge is -2.28. The van der Waals surface area contributed by atoms with Crippen LogP contribution in [0.5, 0.6) is 0 Å². The molecule has 142 valence electrons. The molecule has 1 aromatic carbocycles. The molecule has 0 fully saturated rings. The highest BCUT2D eigenvalue weighted by Crippen LogP contribution is 2.47. The molecule has 0 aliphatic heterocycles. The molecule has 2 N–H and O–H groups in total. The zero-order valence-corrected chi connectivity index (χ0v) is 15.2. The smallest absolute Gasteiger partial charge is 0.289 e. The van der Waals surface area contributed by atoms with E-state index in [0.717, 1.165) is 22.3 Å². The fourth-order valence-electron chi connectivity index (χ4n) is 3.89. The molecule has 1 aliphatic carbocycles. The normalized spacial score (nSPS) is 20.2. The van der Waals surface area contributed by atoms with Gasteiger partial charge >= 0.3 is 6.55 Å². The largest absolute Gasteiger partial charge is 0.333 e. The average Bonchev–Trinajstić information content (AvgIpc) is 3.26. The maximum Gasteiger partial charge on any atom is 0.333 e. The van der Waals surface area contributed by atoms with Gasteiger partial charge in [-0.05, 0) is 49.5 Å². The number of allylic oxidation sites excluding steroid dienone is 3. The number of hydrogen-bond donors (Lipinski definition) is 2. The number of benzene rings is 1. The first-order valence-electron chi connectivity index (χ1n) is 8.58. The van der Waals surface area contributed by atoms with E-state index >= 15 is 0 Å². The average molecular weight is 373 g/mol. The third kappa shape index (κ3) is 3.08. The van der Waals surface area contributed by atoms with Gasteiger partial charge in [-0.3, -0.25) is 10.0 Å². The number of carbonyl (C=O) groups excluding carboxylic acids is 1. The van der Waals surface area contributed by atoms with Gasteiger partial charge in [-0.25, -0.2) is 10.2 Å². The summed E-state index contributed by atoms with van der Waals surface area (Å²) in [6.07, 6.45) is 6.02. The second-order valence-corrected chi connectivity index (χ2v) is 6.70. The summed E-state index contributed by atoms with van der Waals surface area (Å²) in [5.41, 5.74) is 4.10. The highest BCUT2D eigenvalue weighted by molar-refractivity contribution is 5.93. The number of amides is 1. The molecule has 1 unspecified atom stereocenters. The zero-order valence-electron chi connectivity index (χ0n) is 15.2. The van der Waals surface area contributed by atoms with Crippen molar-refractivity contribution in [1.82, 2.24) is 15.3 Å². The molecule has 0 spiro atoms. The number of alkyl halides is 2. The molecule has 0 radical (unpaired) electrons. The number of hydroxylamine groups is 1. The molecule has 1 atom stereocenters. The van der Waals surface area contributed by atoms with Crippen molar-refractivity contribution in [2.24, 2.45) is 5.41 Å². The van der Waals surface area contributed by atoms with Crippen molar-refractivity contribution < 1.29 is 18.8 Å². The Morgan fingerprint density at radius 2 is 2.22 bits per heavy atom. The lowest BCUT2D eigenvalue weighted by molar-refractivity contribution is -0.135. The Morgan fingerprint density at radius 1 is 1.48 bits per heavy atom. The van der Waals surface area contributed by atoms with Gasteiger partial charge in [0, 0.05) is 5.39 Å². The van der Waals surface area contributed by atoms with E-state index in [2.05, 4.69) is 11.7 Å². The number of halogens is 2. The standard InChI is InChI=1S/C20H21F2N3O2/c1-4-16(12(2)3)20(18(26)24-27)8-7-14(10-20)13-5-6-15-11-23-25(19(21)22)17(15)9-13/h4-6,9-11,19,27H,2,7-8H2,1,3H3,(H,24,26). The van der Waals surface area contributed by atoms with E-state index in [-0.39, 0.29) is 0 Å². The number of nitrogens with zero attached hydrogens (tertiary/aromatic N) is 2. The van der Waals surface area contributed by atoms with Crippen molar-refractivity contribution in [2.45, 2.75) is 33.2 Å². The molecule has 1 amide bonds. The molecule has 0 saturated heterocycles. The van der Waals surface area contributed by atoms with Gasteiger partial charge in [0.25, 0.3) is 5.91 Å². The Bertz CT molecular complexity index is 975. The maximum atomic E-state index is 13.1. The van der Waals surface area contributed by atoms with Crippen LogP contribution in [0.15, 0.2) is 54.3 Å². The molecule has 2 aromatic rings. The molecule has 0 bridgehead atoms. The number of nitrogens with one attached hydrogen (secondary N) is 1. The van der Waals surface area contributed by atoms with Gasteiger partial charge in [0.1, 0.15) is 0 Å². The Balaban J connectivity index is 2.12. The summed E-state index contributed by atoms with van der Waals surface area (Å²) >= 11 is 0. The predicted molar refractivity (Wildman–Crippen MR) is 99.1 cm³/mol. The van der Waals surface area contributed by atoms with Gasteiger partial charge in [-0.1, -0.05) is 36.4 Å². The summed E-state index contributed by atoms with van der Waals surface area (Å²) in [4.78, 5) is 12.5. The topological polar surface area (TPSA) is 67.2 Å². The van der Waals surface area contributed by atoms with Crippen LogP contribution in [0.2, 0.25) is 0 Å². The van der Waals surface area contributed by atoms with Crippen LogP contribution in [-0.4, -0.2) is 20.9 Å². The van der Waals surface area contributed by atoms with Gasteiger partial charge in [0.2, 0.25) is 0 Å². The van der Waals surface area contributed by atoms with E-state index in [1.807, 2.05) is 19.1 Å². The fourth-order valence-corrected chi connectivity index (χ4v) is 3.89. The number of aromatic nitrogens is 2. The van der Waals surface area contributed by atoms with E-state index < -0.39 is 17.9 Å². The van der Waals surface area contributed by atoms with Gasteiger partial charge < -0.3 is 0 Å². The molecule has 3 rings (SSSR count). The third-order valence-corrected chi connectivity index (χ3v) is 5.10. The van der Waals surface area contributed by atoms with Crippen LogP contribution in [0.3, 0.4) is 0 Å².